The van der Waals surface area contributed by atoms with Gasteiger partial charge in [0.1, 0.15) is 11.7 Å². The van der Waals surface area contributed by atoms with Crippen molar-refractivity contribution < 1.29 is 14.3 Å². The topological polar surface area (TPSA) is 74.8 Å². The van der Waals surface area contributed by atoms with E-state index in [1.54, 1.807) is 12.1 Å². The molecule has 0 spiro atoms. The first-order valence-electron chi connectivity index (χ1n) is 9.21. The van der Waals surface area contributed by atoms with E-state index in [1.165, 1.54) is 11.1 Å². The molecule has 0 atom stereocenters. The molecule has 8 heteroatoms. The highest BCUT2D eigenvalue weighted by Crippen LogP contribution is 2.19. The number of aromatic nitrogens is 1. The number of pyridine rings is 1. The van der Waals surface area contributed by atoms with E-state index >= 15 is 0 Å². The molecule has 3 rings (SSSR count). The van der Waals surface area contributed by atoms with Gasteiger partial charge in [-0.25, -0.2) is 4.98 Å². The second-order valence-electron chi connectivity index (χ2n) is 6.36. The van der Waals surface area contributed by atoms with Crippen LogP contribution in [0.25, 0.3) is 0 Å². The lowest BCUT2D eigenvalue weighted by atomic mass is 10.2. The summed E-state index contributed by atoms with van der Waals surface area (Å²) in [5.74, 6) is -0.590. The summed E-state index contributed by atoms with van der Waals surface area (Å²) in [5, 5.41) is 2.96. The molecule has 148 valence electrons. The number of morpholine rings is 1. The van der Waals surface area contributed by atoms with Crippen LogP contribution < -0.4 is 10.2 Å². The molecule has 1 N–H and O–H groups in total. The van der Waals surface area contributed by atoms with Crippen LogP contribution in [0.1, 0.15) is 17.3 Å². The van der Waals surface area contributed by atoms with Gasteiger partial charge in [-0.1, -0.05) is 11.6 Å². The van der Waals surface area contributed by atoms with Crippen molar-refractivity contribution in [3.05, 3.63) is 53.3 Å². The van der Waals surface area contributed by atoms with E-state index in [-0.39, 0.29) is 29.1 Å². The standard InChI is InChI=1S/C20H23ClN4O3/c1-2-24(20(27)17-4-3-9-22-19(17)21)14-18(26)23-15-5-7-16(8-6-15)25-10-12-28-13-11-25/h3-9H,2,10-14H2,1H3,(H,23,26). The largest absolute Gasteiger partial charge is 0.378 e. The van der Waals surface area contributed by atoms with Gasteiger partial charge in [-0.15, -0.1) is 0 Å². The number of halogens is 1. The Morgan fingerprint density at radius 1 is 1.21 bits per heavy atom. The zero-order valence-corrected chi connectivity index (χ0v) is 16.5. The molecule has 2 amide bonds. The predicted molar refractivity (Wildman–Crippen MR) is 109 cm³/mol. The number of likely N-dealkylation sites (N-methyl/N-ethyl adjacent to an activating group) is 1. The van der Waals surface area contributed by atoms with E-state index < -0.39 is 0 Å². The Morgan fingerprint density at radius 2 is 1.93 bits per heavy atom. The number of anilines is 2. The molecule has 0 bridgehead atoms. The molecule has 1 fully saturated rings. The molecule has 2 aromatic rings. The average Bonchev–Trinajstić information content (AvgIpc) is 2.73. The number of nitrogens with zero attached hydrogens (tertiary/aromatic N) is 3. The number of amides is 2. The molecular formula is C20H23ClN4O3. The Morgan fingerprint density at radius 3 is 2.57 bits per heavy atom. The molecule has 1 saturated heterocycles. The predicted octanol–water partition coefficient (Wildman–Crippen LogP) is 2.67. The minimum atomic E-state index is -0.321. The molecule has 1 aromatic carbocycles. The summed E-state index contributed by atoms with van der Waals surface area (Å²) in [6.45, 7) is 5.29. The summed E-state index contributed by atoms with van der Waals surface area (Å²) >= 11 is 5.99. The SMILES string of the molecule is CCN(CC(=O)Nc1ccc(N2CCOCC2)cc1)C(=O)c1cccnc1Cl. The molecule has 0 radical (unpaired) electrons. The van der Waals surface area contributed by atoms with Crippen molar-refractivity contribution in [2.45, 2.75) is 6.92 Å². The number of hydrogen-bond acceptors (Lipinski definition) is 5. The van der Waals surface area contributed by atoms with Crippen molar-refractivity contribution in [2.24, 2.45) is 0 Å². The summed E-state index contributed by atoms with van der Waals surface area (Å²) in [5.41, 5.74) is 2.07. The van der Waals surface area contributed by atoms with Crippen LogP contribution in [-0.4, -0.2) is 61.1 Å². The van der Waals surface area contributed by atoms with Gasteiger partial charge in [-0.2, -0.15) is 0 Å². The maximum absolute atomic E-state index is 12.6. The quantitative estimate of drug-likeness (QED) is 0.752. The van der Waals surface area contributed by atoms with Gasteiger partial charge in [0.2, 0.25) is 5.91 Å². The zero-order valence-electron chi connectivity index (χ0n) is 15.7. The van der Waals surface area contributed by atoms with Crippen molar-refractivity contribution in [3.8, 4) is 0 Å². The first-order chi connectivity index (χ1) is 13.6. The van der Waals surface area contributed by atoms with Gasteiger partial charge in [0, 0.05) is 37.2 Å². The van der Waals surface area contributed by atoms with Crippen molar-refractivity contribution in [1.29, 1.82) is 0 Å². The number of rotatable bonds is 6. The van der Waals surface area contributed by atoms with Crippen LogP contribution in [0.5, 0.6) is 0 Å². The lowest BCUT2D eigenvalue weighted by Crippen LogP contribution is -2.38. The van der Waals surface area contributed by atoms with E-state index in [9.17, 15) is 9.59 Å². The first kappa shape index (κ1) is 20.1. The molecule has 28 heavy (non-hydrogen) atoms. The van der Waals surface area contributed by atoms with Gasteiger partial charge in [0.25, 0.3) is 5.91 Å². The second-order valence-corrected chi connectivity index (χ2v) is 6.71. The van der Waals surface area contributed by atoms with E-state index in [4.69, 9.17) is 16.3 Å². The maximum atomic E-state index is 12.6. The molecule has 1 aromatic heterocycles. The third-order valence-corrected chi connectivity index (χ3v) is 4.82. The average molecular weight is 403 g/mol. The fraction of sp³-hybridized carbons (Fsp3) is 0.350. The molecule has 0 saturated carbocycles. The molecule has 2 heterocycles. The Labute approximate surface area is 169 Å². The Hall–Kier alpha value is -2.64. The van der Waals surface area contributed by atoms with Crippen LogP contribution in [0.2, 0.25) is 5.15 Å². The maximum Gasteiger partial charge on any atom is 0.257 e. The number of hydrogen-bond donors (Lipinski definition) is 1. The third-order valence-electron chi connectivity index (χ3n) is 4.52. The zero-order chi connectivity index (χ0) is 19.9. The van der Waals surface area contributed by atoms with Crippen molar-refractivity contribution in [3.63, 3.8) is 0 Å². The normalized spacial score (nSPS) is 13.9. The van der Waals surface area contributed by atoms with E-state index in [0.717, 1.165) is 32.0 Å². The minimum absolute atomic E-state index is 0.0637. The monoisotopic (exact) mass is 402 g/mol. The van der Waals surface area contributed by atoms with Gasteiger partial charge in [-0.3, -0.25) is 9.59 Å². The molecule has 1 aliphatic rings. The highest BCUT2D eigenvalue weighted by Gasteiger charge is 2.20. The van der Waals surface area contributed by atoms with Gasteiger partial charge < -0.3 is 19.9 Å². The van der Waals surface area contributed by atoms with Crippen LogP contribution in [0.4, 0.5) is 11.4 Å². The summed E-state index contributed by atoms with van der Waals surface area (Å²) in [6.07, 6.45) is 1.52. The Balaban J connectivity index is 1.59. The molecular weight excluding hydrogens is 380 g/mol. The second kappa shape index (κ2) is 9.52. The minimum Gasteiger partial charge on any atom is -0.378 e. The fourth-order valence-electron chi connectivity index (χ4n) is 2.99. The van der Waals surface area contributed by atoms with E-state index in [0.29, 0.717) is 12.2 Å². The van der Waals surface area contributed by atoms with E-state index in [1.807, 2.05) is 31.2 Å². The first-order valence-corrected chi connectivity index (χ1v) is 9.58. The third kappa shape index (κ3) is 4.99. The smallest absolute Gasteiger partial charge is 0.257 e. The highest BCUT2D eigenvalue weighted by atomic mass is 35.5. The summed E-state index contributed by atoms with van der Waals surface area (Å²) in [4.78, 5) is 32.6. The van der Waals surface area contributed by atoms with Crippen molar-refractivity contribution >= 4 is 34.8 Å². The molecule has 0 aliphatic carbocycles. The fourth-order valence-corrected chi connectivity index (χ4v) is 3.19. The summed E-state index contributed by atoms with van der Waals surface area (Å²) in [6, 6.07) is 10.9. The highest BCUT2D eigenvalue weighted by molar-refractivity contribution is 6.32. The van der Waals surface area contributed by atoms with Crippen molar-refractivity contribution in [2.75, 3.05) is 49.6 Å². The Bertz CT molecular complexity index is 822. The molecule has 0 unspecified atom stereocenters. The van der Waals surface area contributed by atoms with Crippen molar-refractivity contribution in [1.82, 2.24) is 9.88 Å². The lowest BCUT2D eigenvalue weighted by molar-refractivity contribution is -0.116. The van der Waals surface area contributed by atoms with Crippen LogP contribution in [0.15, 0.2) is 42.6 Å². The summed E-state index contributed by atoms with van der Waals surface area (Å²) in [7, 11) is 0. The van der Waals surface area contributed by atoms with Gasteiger partial charge in [0.15, 0.2) is 0 Å². The van der Waals surface area contributed by atoms with Gasteiger partial charge in [0.05, 0.1) is 18.8 Å². The van der Waals surface area contributed by atoms with Crippen LogP contribution in [0, 0.1) is 0 Å². The summed E-state index contributed by atoms with van der Waals surface area (Å²) < 4.78 is 5.36. The van der Waals surface area contributed by atoms with Gasteiger partial charge >= 0.3 is 0 Å². The van der Waals surface area contributed by atoms with Crippen LogP contribution >= 0.6 is 11.6 Å². The van der Waals surface area contributed by atoms with E-state index in [2.05, 4.69) is 15.2 Å². The number of carbonyl (C=O) groups is 2. The van der Waals surface area contributed by atoms with Crippen LogP contribution in [-0.2, 0) is 9.53 Å². The Kier molecular flexibility index (Phi) is 6.84. The van der Waals surface area contributed by atoms with Crippen LogP contribution in [0.3, 0.4) is 0 Å². The number of ether oxygens (including phenoxy) is 1. The lowest BCUT2D eigenvalue weighted by Gasteiger charge is -2.29. The number of carbonyl (C=O) groups excluding carboxylic acids is 2. The van der Waals surface area contributed by atoms with Gasteiger partial charge in [-0.05, 0) is 43.3 Å². The molecule has 1 aliphatic heterocycles. The molecule has 7 nitrogen and oxygen atoms in total. The number of nitrogens with one attached hydrogen (secondary N) is 1. The number of benzene rings is 1.